The summed E-state index contributed by atoms with van der Waals surface area (Å²) in [6.45, 7) is 0. The Hall–Kier alpha value is -1.47. The molecule has 2 aromatic rings. The molecule has 0 amide bonds. The number of benzene rings is 1. The van der Waals surface area contributed by atoms with Crippen LogP contribution in [-0.2, 0) is 6.42 Å². The highest BCUT2D eigenvalue weighted by Crippen LogP contribution is 2.38. The second kappa shape index (κ2) is 5.66. The Labute approximate surface area is 125 Å². The Morgan fingerprint density at radius 2 is 1.79 bits per heavy atom. The lowest BCUT2D eigenvalue weighted by molar-refractivity contribution is 1.12. The summed E-state index contributed by atoms with van der Waals surface area (Å²) in [5.74, 6) is 0. The fourth-order valence-electron chi connectivity index (χ4n) is 1.66. The number of nitrogen functional groups attached to an aromatic ring is 1. The number of rotatable bonds is 2. The minimum atomic E-state index is 0.191. The zero-order valence-corrected chi connectivity index (χ0v) is 11.9. The van der Waals surface area contributed by atoms with E-state index in [2.05, 4.69) is 4.98 Å². The van der Waals surface area contributed by atoms with Crippen molar-refractivity contribution in [2.24, 2.45) is 0 Å². The maximum absolute atomic E-state index is 8.71. The van der Waals surface area contributed by atoms with E-state index in [0.717, 1.165) is 0 Å². The van der Waals surface area contributed by atoms with E-state index in [1.165, 1.54) is 0 Å². The molecule has 6 heteroatoms. The molecule has 1 aromatic heterocycles. The smallest absolute Gasteiger partial charge is 0.0964 e. The monoisotopic (exact) mass is 311 g/mol. The lowest BCUT2D eigenvalue weighted by atomic mass is 10.1. The van der Waals surface area contributed by atoms with Gasteiger partial charge in [-0.2, -0.15) is 5.26 Å². The molecule has 1 aromatic carbocycles. The highest BCUT2D eigenvalue weighted by Gasteiger charge is 2.15. The first-order valence-electron chi connectivity index (χ1n) is 5.30. The van der Waals surface area contributed by atoms with Crippen molar-refractivity contribution >= 4 is 40.5 Å². The summed E-state index contributed by atoms with van der Waals surface area (Å²) in [6.07, 6.45) is 0.191. The maximum Gasteiger partial charge on any atom is 0.0964 e. The molecule has 0 unspecified atom stereocenters. The number of pyridine rings is 1. The third-order valence-corrected chi connectivity index (χ3v) is 3.30. The maximum atomic E-state index is 8.71. The zero-order valence-electron chi connectivity index (χ0n) is 9.62. The Morgan fingerprint density at radius 1 is 1.16 bits per heavy atom. The molecule has 0 bridgehead atoms. The average Bonchev–Trinajstić information content (AvgIpc) is 2.32. The van der Waals surface area contributed by atoms with Crippen LogP contribution in [0.4, 0.5) is 5.69 Å². The van der Waals surface area contributed by atoms with Crippen molar-refractivity contribution in [1.29, 1.82) is 5.26 Å². The van der Waals surface area contributed by atoms with Gasteiger partial charge in [0, 0.05) is 10.6 Å². The van der Waals surface area contributed by atoms with Crippen molar-refractivity contribution < 1.29 is 0 Å². The lowest BCUT2D eigenvalue weighted by Gasteiger charge is -2.10. The molecule has 0 aliphatic heterocycles. The Kier molecular flexibility index (Phi) is 4.16. The van der Waals surface area contributed by atoms with E-state index in [4.69, 9.17) is 45.8 Å². The molecule has 0 aliphatic rings. The third kappa shape index (κ3) is 2.93. The van der Waals surface area contributed by atoms with Gasteiger partial charge in [0.1, 0.15) is 0 Å². The molecular formula is C13H8Cl3N3. The predicted octanol–water partition coefficient (Wildman–Crippen LogP) is 4.36. The normalized spacial score (nSPS) is 10.2. The fourth-order valence-corrected chi connectivity index (χ4v) is 2.65. The van der Waals surface area contributed by atoms with Gasteiger partial charge in [-0.05, 0) is 24.3 Å². The summed E-state index contributed by atoms with van der Waals surface area (Å²) >= 11 is 18.1. The molecule has 0 spiro atoms. The van der Waals surface area contributed by atoms with Crippen LogP contribution in [0.5, 0.6) is 0 Å². The van der Waals surface area contributed by atoms with Crippen LogP contribution in [-0.4, -0.2) is 4.98 Å². The molecule has 2 N–H and O–H groups in total. The van der Waals surface area contributed by atoms with Gasteiger partial charge in [-0.3, -0.25) is 0 Å². The van der Waals surface area contributed by atoms with Crippen LogP contribution in [0.15, 0.2) is 24.3 Å². The van der Waals surface area contributed by atoms with Crippen molar-refractivity contribution in [1.82, 2.24) is 4.98 Å². The number of nitrogens with two attached hydrogens (primary N) is 1. The van der Waals surface area contributed by atoms with Gasteiger partial charge < -0.3 is 5.73 Å². The highest BCUT2D eigenvalue weighted by atomic mass is 35.5. The molecule has 0 saturated carbocycles. The lowest BCUT2D eigenvalue weighted by Crippen LogP contribution is -1.98. The van der Waals surface area contributed by atoms with Crippen LogP contribution in [0, 0.1) is 11.3 Å². The van der Waals surface area contributed by atoms with Crippen LogP contribution >= 0.6 is 34.8 Å². The van der Waals surface area contributed by atoms with Crippen LogP contribution in [0.25, 0.3) is 11.3 Å². The van der Waals surface area contributed by atoms with E-state index in [9.17, 15) is 0 Å². The van der Waals surface area contributed by atoms with E-state index in [1.807, 2.05) is 6.07 Å². The number of aromatic nitrogens is 1. The molecule has 3 nitrogen and oxygen atoms in total. The summed E-state index contributed by atoms with van der Waals surface area (Å²) in [6, 6.07) is 8.54. The fraction of sp³-hybridized carbons (Fsp3) is 0.0769. The minimum absolute atomic E-state index is 0.191. The Morgan fingerprint density at radius 3 is 2.37 bits per heavy atom. The standard InChI is InChI=1S/C13H8Cl3N3/c14-7-5-9(15)12(10(16)6-7)13-11(18)2-1-8(19-13)3-4-17/h1-2,5-6H,3,18H2. The molecule has 0 atom stereocenters. The molecule has 0 aliphatic carbocycles. The van der Waals surface area contributed by atoms with Gasteiger partial charge in [-0.1, -0.05) is 34.8 Å². The summed E-state index contributed by atoms with van der Waals surface area (Å²) in [7, 11) is 0. The zero-order chi connectivity index (χ0) is 14.0. The number of nitriles is 1. The molecule has 1 heterocycles. The van der Waals surface area contributed by atoms with Crippen molar-refractivity contribution in [2.75, 3.05) is 5.73 Å². The van der Waals surface area contributed by atoms with Crippen LogP contribution in [0.1, 0.15) is 5.69 Å². The van der Waals surface area contributed by atoms with Crippen molar-refractivity contribution in [2.45, 2.75) is 6.42 Å². The van der Waals surface area contributed by atoms with E-state index >= 15 is 0 Å². The van der Waals surface area contributed by atoms with Gasteiger partial charge in [0.15, 0.2) is 0 Å². The van der Waals surface area contributed by atoms with Crippen molar-refractivity contribution in [3.63, 3.8) is 0 Å². The van der Waals surface area contributed by atoms with Gasteiger partial charge in [-0.15, -0.1) is 0 Å². The first-order chi connectivity index (χ1) is 9.02. The van der Waals surface area contributed by atoms with Gasteiger partial charge in [-0.25, -0.2) is 4.98 Å². The van der Waals surface area contributed by atoms with Crippen LogP contribution in [0.2, 0.25) is 15.1 Å². The second-order valence-corrected chi connectivity index (χ2v) is 5.07. The van der Waals surface area contributed by atoms with E-state index in [0.29, 0.717) is 37.7 Å². The summed E-state index contributed by atoms with van der Waals surface area (Å²) in [5.41, 5.74) is 7.92. The summed E-state index contributed by atoms with van der Waals surface area (Å²) in [4.78, 5) is 4.32. The molecule has 96 valence electrons. The molecule has 0 saturated heterocycles. The predicted molar refractivity (Wildman–Crippen MR) is 78.4 cm³/mol. The summed E-state index contributed by atoms with van der Waals surface area (Å²) < 4.78 is 0. The van der Waals surface area contributed by atoms with Gasteiger partial charge in [0.05, 0.1) is 39.6 Å². The molecular weight excluding hydrogens is 305 g/mol. The third-order valence-electron chi connectivity index (χ3n) is 2.49. The Balaban J connectivity index is 2.65. The van der Waals surface area contributed by atoms with Gasteiger partial charge in [0.25, 0.3) is 0 Å². The van der Waals surface area contributed by atoms with Gasteiger partial charge in [0.2, 0.25) is 0 Å². The molecule has 0 radical (unpaired) electrons. The molecule has 0 fully saturated rings. The van der Waals surface area contributed by atoms with Gasteiger partial charge >= 0.3 is 0 Å². The van der Waals surface area contributed by atoms with Crippen LogP contribution in [0.3, 0.4) is 0 Å². The number of nitrogens with zero attached hydrogens (tertiary/aromatic N) is 2. The van der Waals surface area contributed by atoms with Crippen LogP contribution < -0.4 is 5.73 Å². The van der Waals surface area contributed by atoms with E-state index in [-0.39, 0.29) is 6.42 Å². The number of anilines is 1. The number of hydrogen-bond donors (Lipinski definition) is 1. The van der Waals surface area contributed by atoms with E-state index in [1.54, 1.807) is 24.3 Å². The van der Waals surface area contributed by atoms with E-state index < -0.39 is 0 Å². The SMILES string of the molecule is N#CCc1ccc(N)c(-c2c(Cl)cc(Cl)cc2Cl)n1. The Bertz CT molecular complexity index is 654. The quantitative estimate of drug-likeness (QED) is 0.896. The number of halogens is 3. The average molecular weight is 313 g/mol. The van der Waals surface area contributed by atoms with Crippen molar-refractivity contribution in [3.8, 4) is 17.3 Å². The topological polar surface area (TPSA) is 62.7 Å². The largest absolute Gasteiger partial charge is 0.397 e. The first kappa shape index (κ1) is 14.0. The second-order valence-electron chi connectivity index (χ2n) is 3.82. The first-order valence-corrected chi connectivity index (χ1v) is 6.43. The summed E-state index contributed by atoms with van der Waals surface area (Å²) in [5, 5.41) is 9.87. The minimum Gasteiger partial charge on any atom is -0.397 e. The number of hydrogen-bond acceptors (Lipinski definition) is 3. The molecule has 2 rings (SSSR count). The van der Waals surface area contributed by atoms with Crippen molar-refractivity contribution in [3.05, 3.63) is 45.0 Å². The highest BCUT2D eigenvalue weighted by molar-refractivity contribution is 6.41. The molecule has 19 heavy (non-hydrogen) atoms.